The summed E-state index contributed by atoms with van der Waals surface area (Å²) in [6, 6.07) is 6.64. The number of carbonyl (C=O) groups excluding carboxylic acids is 2. The van der Waals surface area contributed by atoms with Gasteiger partial charge in [-0.1, -0.05) is 11.6 Å². The summed E-state index contributed by atoms with van der Waals surface area (Å²) in [5.41, 5.74) is 0.280. The van der Waals surface area contributed by atoms with Crippen LogP contribution in [0.4, 0.5) is 0 Å². The quantitative estimate of drug-likeness (QED) is 0.610. The lowest BCUT2D eigenvalue weighted by Crippen LogP contribution is -2.51. The fraction of sp³-hybridized carbons (Fsp3) is 0.318. The number of rotatable bonds is 2. The van der Waals surface area contributed by atoms with Crippen LogP contribution in [-0.4, -0.2) is 58.5 Å². The molecule has 2 aliphatic rings. The van der Waals surface area contributed by atoms with Crippen LogP contribution in [0.1, 0.15) is 27.8 Å². The van der Waals surface area contributed by atoms with Gasteiger partial charge in [-0.15, -0.1) is 0 Å². The zero-order chi connectivity index (χ0) is 21.7. The third-order valence-corrected chi connectivity index (χ3v) is 6.05. The van der Waals surface area contributed by atoms with E-state index in [4.69, 9.17) is 20.8 Å². The largest absolute Gasteiger partial charge is 0.487 e. The minimum Gasteiger partial charge on any atom is -0.487 e. The molecular formula is C22H20ClN3O5. The van der Waals surface area contributed by atoms with Gasteiger partial charge in [0.05, 0.1) is 28.7 Å². The van der Waals surface area contributed by atoms with E-state index in [9.17, 15) is 14.4 Å². The number of pyridine rings is 1. The van der Waals surface area contributed by atoms with E-state index in [-0.39, 0.29) is 29.2 Å². The highest BCUT2D eigenvalue weighted by Crippen LogP contribution is 2.33. The summed E-state index contributed by atoms with van der Waals surface area (Å²) in [6.45, 7) is 3.83. The minimum absolute atomic E-state index is 0.0754. The van der Waals surface area contributed by atoms with Crippen molar-refractivity contribution in [3.05, 3.63) is 63.3 Å². The summed E-state index contributed by atoms with van der Waals surface area (Å²) in [4.78, 5) is 42.1. The van der Waals surface area contributed by atoms with Crippen molar-refractivity contribution < 1.29 is 18.7 Å². The summed E-state index contributed by atoms with van der Waals surface area (Å²) in [5, 5.41) is 0.586. The molecule has 160 valence electrons. The van der Waals surface area contributed by atoms with Gasteiger partial charge >= 0.3 is 0 Å². The molecule has 0 N–H and O–H groups in total. The Balaban J connectivity index is 1.44. The van der Waals surface area contributed by atoms with Crippen LogP contribution in [0, 0.1) is 0 Å². The van der Waals surface area contributed by atoms with Gasteiger partial charge in [0.25, 0.3) is 11.8 Å². The molecule has 0 saturated carbocycles. The van der Waals surface area contributed by atoms with E-state index in [2.05, 4.69) is 0 Å². The lowest BCUT2D eigenvalue weighted by molar-refractivity contribution is 0.0517. The Bertz CT molecular complexity index is 1240. The van der Waals surface area contributed by atoms with Crippen molar-refractivity contribution >= 4 is 34.3 Å². The summed E-state index contributed by atoms with van der Waals surface area (Å²) >= 11 is 6.34. The second-order valence-electron chi connectivity index (χ2n) is 7.78. The number of aromatic nitrogens is 1. The molecule has 9 heteroatoms. The van der Waals surface area contributed by atoms with E-state index < -0.39 is 5.43 Å². The van der Waals surface area contributed by atoms with Crippen LogP contribution in [0.2, 0.25) is 5.02 Å². The minimum atomic E-state index is -0.407. The third kappa shape index (κ3) is 3.27. The van der Waals surface area contributed by atoms with Crippen LogP contribution in [-0.2, 0) is 6.54 Å². The SMILES string of the molecule is C[C@H]1Cn2cc(C(=O)N3CCN(C(=O)c4ccco4)CC3)c(=O)c3c(Cl)ccc(c32)O1. The number of halogens is 1. The van der Waals surface area contributed by atoms with Crippen molar-refractivity contribution in [2.75, 3.05) is 26.2 Å². The number of hydrogen-bond acceptors (Lipinski definition) is 5. The number of carbonyl (C=O) groups is 2. The highest BCUT2D eigenvalue weighted by molar-refractivity contribution is 6.35. The molecule has 0 aliphatic carbocycles. The first kappa shape index (κ1) is 19.7. The molecule has 0 unspecified atom stereocenters. The lowest BCUT2D eigenvalue weighted by atomic mass is 10.1. The number of hydrogen-bond donors (Lipinski definition) is 0. The average molecular weight is 442 g/mol. The zero-order valence-electron chi connectivity index (χ0n) is 16.8. The maximum Gasteiger partial charge on any atom is 0.289 e. The van der Waals surface area contributed by atoms with E-state index in [0.29, 0.717) is 54.4 Å². The van der Waals surface area contributed by atoms with Gasteiger partial charge in [-0.2, -0.15) is 0 Å². The van der Waals surface area contributed by atoms with Gasteiger partial charge in [0.15, 0.2) is 5.76 Å². The molecule has 1 aromatic carbocycles. The molecule has 31 heavy (non-hydrogen) atoms. The van der Waals surface area contributed by atoms with Crippen LogP contribution in [0.15, 0.2) is 45.9 Å². The Labute approximate surface area is 182 Å². The Morgan fingerprint density at radius 2 is 1.77 bits per heavy atom. The van der Waals surface area contributed by atoms with Crippen molar-refractivity contribution in [2.24, 2.45) is 0 Å². The van der Waals surface area contributed by atoms with Crippen molar-refractivity contribution in [1.82, 2.24) is 14.4 Å². The molecular weight excluding hydrogens is 422 g/mol. The molecule has 8 nitrogen and oxygen atoms in total. The monoisotopic (exact) mass is 441 g/mol. The van der Waals surface area contributed by atoms with Crippen molar-refractivity contribution in [3.63, 3.8) is 0 Å². The maximum absolute atomic E-state index is 13.2. The Morgan fingerprint density at radius 1 is 1.06 bits per heavy atom. The van der Waals surface area contributed by atoms with E-state index in [1.165, 1.54) is 6.26 Å². The second kappa shape index (κ2) is 7.46. The number of amides is 2. The van der Waals surface area contributed by atoms with Gasteiger partial charge < -0.3 is 23.5 Å². The molecule has 4 heterocycles. The predicted octanol–water partition coefficient (Wildman–Crippen LogP) is 2.63. The van der Waals surface area contributed by atoms with Crippen LogP contribution < -0.4 is 10.2 Å². The molecule has 2 amide bonds. The molecule has 2 aliphatic heterocycles. The van der Waals surface area contributed by atoms with Gasteiger partial charge in [-0.25, -0.2) is 0 Å². The highest BCUT2D eigenvalue weighted by atomic mass is 35.5. The van der Waals surface area contributed by atoms with Crippen LogP contribution >= 0.6 is 11.6 Å². The standard InChI is InChI=1S/C22H20ClN3O5/c1-13-11-26-12-14(20(27)18-15(23)4-5-16(31-13)19(18)26)21(28)24-6-8-25(9-7-24)22(29)17-3-2-10-30-17/h2-5,10,12-13H,6-9,11H2,1H3/t13-/m0/s1. The fourth-order valence-electron chi connectivity index (χ4n) is 4.22. The van der Waals surface area contributed by atoms with Gasteiger partial charge in [-0.05, 0) is 31.2 Å². The predicted molar refractivity (Wildman–Crippen MR) is 114 cm³/mol. The Morgan fingerprint density at radius 3 is 2.45 bits per heavy atom. The van der Waals surface area contributed by atoms with Gasteiger partial charge in [0.1, 0.15) is 17.4 Å². The summed E-state index contributed by atoms with van der Waals surface area (Å²) in [6.07, 6.45) is 2.96. The Hall–Kier alpha value is -3.26. The first-order valence-electron chi connectivity index (χ1n) is 10.1. The second-order valence-corrected chi connectivity index (χ2v) is 8.19. The third-order valence-electron chi connectivity index (χ3n) is 5.73. The maximum atomic E-state index is 13.2. The van der Waals surface area contributed by atoms with E-state index in [1.54, 1.807) is 40.3 Å². The number of furan rings is 1. The van der Waals surface area contributed by atoms with Gasteiger partial charge in [0, 0.05) is 32.4 Å². The van der Waals surface area contributed by atoms with Crippen molar-refractivity contribution in [3.8, 4) is 5.75 Å². The molecule has 0 spiro atoms. The van der Waals surface area contributed by atoms with E-state index in [1.807, 2.05) is 11.5 Å². The molecule has 5 rings (SSSR count). The normalized spacial score (nSPS) is 18.2. The smallest absolute Gasteiger partial charge is 0.289 e. The first-order valence-corrected chi connectivity index (χ1v) is 10.5. The van der Waals surface area contributed by atoms with Crippen LogP contribution in [0.3, 0.4) is 0 Å². The summed E-state index contributed by atoms with van der Waals surface area (Å²) < 4.78 is 12.9. The number of nitrogens with zero attached hydrogens (tertiary/aromatic N) is 3. The molecule has 1 saturated heterocycles. The number of benzene rings is 1. The van der Waals surface area contributed by atoms with E-state index in [0.717, 1.165) is 0 Å². The molecule has 1 fully saturated rings. The van der Waals surface area contributed by atoms with Crippen LogP contribution in [0.25, 0.3) is 10.9 Å². The molecule has 2 aromatic heterocycles. The summed E-state index contributed by atoms with van der Waals surface area (Å²) in [7, 11) is 0. The van der Waals surface area contributed by atoms with Crippen molar-refractivity contribution in [1.29, 1.82) is 0 Å². The Kier molecular flexibility index (Phi) is 4.74. The molecule has 3 aromatic rings. The number of piperazine rings is 1. The fourth-order valence-corrected chi connectivity index (χ4v) is 4.46. The van der Waals surface area contributed by atoms with Crippen molar-refractivity contribution in [2.45, 2.75) is 19.6 Å². The average Bonchev–Trinajstić information content (AvgIpc) is 3.31. The lowest BCUT2D eigenvalue weighted by Gasteiger charge is -2.34. The zero-order valence-corrected chi connectivity index (χ0v) is 17.6. The first-order chi connectivity index (χ1) is 14.9. The van der Waals surface area contributed by atoms with Gasteiger partial charge in [-0.3, -0.25) is 14.4 Å². The topological polar surface area (TPSA) is 85.0 Å². The summed E-state index contributed by atoms with van der Waals surface area (Å²) in [5.74, 6) is 0.287. The van der Waals surface area contributed by atoms with E-state index >= 15 is 0 Å². The molecule has 1 atom stereocenters. The molecule has 0 bridgehead atoms. The van der Waals surface area contributed by atoms with Gasteiger partial charge in [0.2, 0.25) is 5.43 Å². The highest BCUT2D eigenvalue weighted by Gasteiger charge is 2.30. The number of ether oxygens (including phenoxy) is 1. The molecule has 0 radical (unpaired) electrons. The van der Waals surface area contributed by atoms with Crippen LogP contribution in [0.5, 0.6) is 5.75 Å².